The third-order valence-corrected chi connectivity index (χ3v) is 2.60. The van der Waals surface area contributed by atoms with Gasteiger partial charge < -0.3 is 14.6 Å². The number of phenols is 1. The molecule has 1 aromatic rings. The molecule has 19 heavy (non-hydrogen) atoms. The second kappa shape index (κ2) is 6.95. The Morgan fingerprint density at radius 1 is 1.32 bits per heavy atom. The van der Waals surface area contributed by atoms with E-state index in [0.29, 0.717) is 17.7 Å². The Morgan fingerprint density at radius 3 is 2.53 bits per heavy atom. The average molecular weight is 264 g/mol. The summed E-state index contributed by atoms with van der Waals surface area (Å²) in [6.45, 7) is 5.51. The minimum Gasteiger partial charge on any atom is -0.507 e. The van der Waals surface area contributed by atoms with Crippen LogP contribution in [0, 0.1) is 0 Å². The van der Waals surface area contributed by atoms with Gasteiger partial charge in [-0.05, 0) is 38.8 Å². The van der Waals surface area contributed by atoms with Crippen molar-refractivity contribution >= 4 is 5.78 Å². The largest absolute Gasteiger partial charge is 0.507 e. The Bertz CT molecular complexity index is 485. The molecular formula is C15H20O4. The molecule has 4 heteroatoms. The first-order chi connectivity index (χ1) is 8.95. The number of aromatic hydroxyl groups is 1. The van der Waals surface area contributed by atoms with Crippen LogP contribution in [-0.4, -0.2) is 24.8 Å². The van der Waals surface area contributed by atoms with E-state index >= 15 is 0 Å². The van der Waals surface area contributed by atoms with Crippen LogP contribution in [0.5, 0.6) is 11.5 Å². The lowest BCUT2D eigenvalue weighted by Crippen LogP contribution is -2.03. The maximum atomic E-state index is 11.6. The van der Waals surface area contributed by atoms with Gasteiger partial charge >= 0.3 is 0 Å². The number of Topliss-reactive ketones (excluding diaryl/α,β-unsaturated/α-hetero) is 1. The monoisotopic (exact) mass is 264 g/mol. The fraction of sp³-hybridized carbons (Fsp3) is 0.400. The van der Waals surface area contributed by atoms with Gasteiger partial charge in [-0.25, -0.2) is 0 Å². The number of ether oxygens (including phenoxy) is 2. The van der Waals surface area contributed by atoms with Crippen LogP contribution in [-0.2, 0) is 11.2 Å². The molecule has 0 saturated heterocycles. The molecule has 0 aliphatic carbocycles. The number of rotatable bonds is 6. The Labute approximate surface area is 113 Å². The van der Waals surface area contributed by atoms with Crippen molar-refractivity contribution in [3.05, 3.63) is 34.9 Å². The number of methoxy groups -OCH3 is 1. The van der Waals surface area contributed by atoms with Gasteiger partial charge in [-0.3, -0.25) is 4.79 Å². The highest BCUT2D eigenvalue weighted by Gasteiger charge is 2.14. The SMILES string of the molecule is COCOc1cc(O)c(C(C)=O)c(CC=C(C)C)c1. The van der Waals surface area contributed by atoms with Crippen molar-refractivity contribution in [3.8, 4) is 11.5 Å². The first-order valence-corrected chi connectivity index (χ1v) is 6.07. The topological polar surface area (TPSA) is 55.8 Å². The molecule has 1 aromatic carbocycles. The van der Waals surface area contributed by atoms with Crippen LogP contribution >= 0.6 is 0 Å². The highest BCUT2D eigenvalue weighted by Crippen LogP contribution is 2.29. The Morgan fingerprint density at radius 2 is 2.00 bits per heavy atom. The van der Waals surface area contributed by atoms with Gasteiger partial charge in [0.2, 0.25) is 0 Å². The van der Waals surface area contributed by atoms with Crippen molar-refractivity contribution in [2.24, 2.45) is 0 Å². The van der Waals surface area contributed by atoms with E-state index < -0.39 is 0 Å². The van der Waals surface area contributed by atoms with Crippen LogP contribution in [0.3, 0.4) is 0 Å². The van der Waals surface area contributed by atoms with Gasteiger partial charge in [0.25, 0.3) is 0 Å². The fourth-order valence-electron chi connectivity index (χ4n) is 1.75. The van der Waals surface area contributed by atoms with Crippen molar-refractivity contribution in [3.63, 3.8) is 0 Å². The zero-order valence-corrected chi connectivity index (χ0v) is 11.8. The predicted molar refractivity (Wildman–Crippen MR) is 73.8 cm³/mol. The number of benzene rings is 1. The van der Waals surface area contributed by atoms with Crippen LogP contribution in [0.25, 0.3) is 0 Å². The maximum absolute atomic E-state index is 11.6. The van der Waals surface area contributed by atoms with Crippen LogP contribution in [0.2, 0.25) is 0 Å². The predicted octanol–water partition coefficient (Wildman–Crippen LogP) is 3.09. The summed E-state index contributed by atoms with van der Waals surface area (Å²) < 4.78 is 10.1. The number of hydrogen-bond donors (Lipinski definition) is 1. The van der Waals surface area contributed by atoms with E-state index in [4.69, 9.17) is 9.47 Å². The summed E-state index contributed by atoms with van der Waals surface area (Å²) in [6, 6.07) is 3.19. The lowest BCUT2D eigenvalue weighted by atomic mass is 9.99. The number of carbonyl (C=O) groups excluding carboxylic acids is 1. The van der Waals surface area contributed by atoms with Gasteiger partial charge in [0.1, 0.15) is 11.5 Å². The van der Waals surface area contributed by atoms with Crippen LogP contribution in [0.15, 0.2) is 23.8 Å². The first kappa shape index (κ1) is 15.2. The van der Waals surface area contributed by atoms with Gasteiger partial charge in [-0.2, -0.15) is 0 Å². The maximum Gasteiger partial charge on any atom is 0.188 e. The molecule has 0 heterocycles. The molecule has 4 nitrogen and oxygen atoms in total. The number of hydrogen-bond acceptors (Lipinski definition) is 4. The second-order valence-corrected chi connectivity index (χ2v) is 4.57. The molecule has 0 aliphatic heterocycles. The molecule has 0 aromatic heterocycles. The van der Waals surface area contributed by atoms with E-state index in [1.807, 2.05) is 19.9 Å². The number of carbonyl (C=O) groups is 1. The van der Waals surface area contributed by atoms with Crippen LogP contribution in [0.4, 0.5) is 0 Å². The van der Waals surface area contributed by atoms with Gasteiger partial charge in [-0.15, -0.1) is 0 Å². The minimum absolute atomic E-state index is 0.0572. The standard InChI is InChI=1S/C15H20O4/c1-10(2)5-6-12-7-13(19-9-18-4)8-14(17)15(12)11(3)16/h5,7-8,17H,6,9H2,1-4H3. The zero-order valence-electron chi connectivity index (χ0n) is 11.8. The number of allylic oxidation sites excluding steroid dienone is 2. The number of ketones is 1. The summed E-state index contributed by atoms with van der Waals surface area (Å²) in [6.07, 6.45) is 2.58. The summed E-state index contributed by atoms with van der Waals surface area (Å²) in [5, 5.41) is 9.94. The minimum atomic E-state index is -0.159. The van der Waals surface area contributed by atoms with Crippen LogP contribution < -0.4 is 4.74 Å². The summed E-state index contributed by atoms with van der Waals surface area (Å²) >= 11 is 0. The molecule has 1 rings (SSSR count). The van der Waals surface area contributed by atoms with E-state index in [9.17, 15) is 9.90 Å². The van der Waals surface area contributed by atoms with E-state index in [0.717, 1.165) is 11.1 Å². The summed E-state index contributed by atoms with van der Waals surface area (Å²) in [4.78, 5) is 11.6. The zero-order chi connectivity index (χ0) is 14.4. The quantitative estimate of drug-likeness (QED) is 0.487. The molecule has 0 aliphatic rings. The third-order valence-electron chi connectivity index (χ3n) is 2.60. The summed E-state index contributed by atoms with van der Waals surface area (Å²) in [5.41, 5.74) is 2.25. The van der Waals surface area contributed by atoms with Gasteiger partial charge in [0.05, 0.1) is 5.56 Å². The van der Waals surface area contributed by atoms with Gasteiger partial charge in [0.15, 0.2) is 12.6 Å². The fourth-order valence-corrected chi connectivity index (χ4v) is 1.75. The highest BCUT2D eigenvalue weighted by atomic mass is 16.7. The van der Waals surface area contributed by atoms with Crippen molar-refractivity contribution in [2.75, 3.05) is 13.9 Å². The lowest BCUT2D eigenvalue weighted by molar-refractivity contribution is 0.0509. The molecule has 104 valence electrons. The molecule has 1 N–H and O–H groups in total. The second-order valence-electron chi connectivity index (χ2n) is 4.57. The van der Waals surface area contributed by atoms with Crippen molar-refractivity contribution in [1.29, 1.82) is 0 Å². The molecule has 0 fully saturated rings. The smallest absolute Gasteiger partial charge is 0.188 e. The Balaban J connectivity index is 3.16. The third kappa shape index (κ3) is 4.41. The van der Waals surface area contributed by atoms with E-state index in [-0.39, 0.29) is 18.3 Å². The van der Waals surface area contributed by atoms with Crippen molar-refractivity contribution < 1.29 is 19.4 Å². The lowest BCUT2D eigenvalue weighted by Gasteiger charge is -2.12. The number of phenolic OH excluding ortho intramolecular Hbond substituents is 1. The van der Waals surface area contributed by atoms with Gasteiger partial charge in [0, 0.05) is 13.2 Å². The molecule has 0 amide bonds. The summed E-state index contributed by atoms with van der Waals surface area (Å²) in [7, 11) is 1.52. The molecule has 0 saturated carbocycles. The molecule has 0 spiro atoms. The Kier molecular flexibility index (Phi) is 5.57. The van der Waals surface area contributed by atoms with Crippen LogP contribution in [0.1, 0.15) is 36.7 Å². The van der Waals surface area contributed by atoms with E-state index in [2.05, 4.69) is 0 Å². The van der Waals surface area contributed by atoms with Crippen molar-refractivity contribution in [1.82, 2.24) is 0 Å². The summed E-state index contributed by atoms with van der Waals surface area (Å²) in [5.74, 6) is 0.271. The van der Waals surface area contributed by atoms with E-state index in [1.54, 1.807) is 6.07 Å². The molecule has 0 bridgehead atoms. The molecule has 0 atom stereocenters. The molecule has 0 unspecified atom stereocenters. The Hall–Kier alpha value is -1.81. The van der Waals surface area contributed by atoms with E-state index in [1.165, 1.54) is 20.1 Å². The molecule has 0 radical (unpaired) electrons. The molecular weight excluding hydrogens is 244 g/mol. The normalized spacial score (nSPS) is 10.1. The average Bonchev–Trinajstić information content (AvgIpc) is 2.32. The first-order valence-electron chi connectivity index (χ1n) is 6.07. The highest BCUT2D eigenvalue weighted by molar-refractivity contribution is 5.98. The van der Waals surface area contributed by atoms with Gasteiger partial charge in [-0.1, -0.05) is 11.6 Å². The van der Waals surface area contributed by atoms with Crippen molar-refractivity contribution in [2.45, 2.75) is 27.2 Å².